The zero-order valence-electron chi connectivity index (χ0n) is 13.7. The zero-order chi connectivity index (χ0) is 17.4. The van der Waals surface area contributed by atoms with Crippen molar-refractivity contribution in [1.82, 2.24) is 5.43 Å². The summed E-state index contributed by atoms with van der Waals surface area (Å²) < 4.78 is 10.7. The normalized spacial score (nSPS) is 10.6. The quantitative estimate of drug-likeness (QED) is 0.605. The van der Waals surface area contributed by atoms with Gasteiger partial charge in [0.15, 0.2) is 18.1 Å². The van der Waals surface area contributed by atoms with Gasteiger partial charge >= 0.3 is 0 Å². The first-order chi connectivity index (χ1) is 11.6. The van der Waals surface area contributed by atoms with Crippen LogP contribution in [0.3, 0.4) is 0 Å². The van der Waals surface area contributed by atoms with Crippen LogP contribution in [0.15, 0.2) is 47.6 Å². The van der Waals surface area contributed by atoms with Crippen molar-refractivity contribution in [3.63, 3.8) is 0 Å². The number of aryl methyl sites for hydroxylation is 1. The van der Waals surface area contributed by atoms with E-state index in [1.807, 2.05) is 32.0 Å². The summed E-state index contributed by atoms with van der Waals surface area (Å²) >= 11 is 0. The van der Waals surface area contributed by atoms with Crippen molar-refractivity contribution in [3.8, 4) is 17.2 Å². The minimum atomic E-state index is -0.394. The summed E-state index contributed by atoms with van der Waals surface area (Å²) in [6.45, 7) is 4.03. The van der Waals surface area contributed by atoms with Crippen molar-refractivity contribution in [1.29, 1.82) is 0 Å². The first kappa shape index (κ1) is 17.3. The lowest BCUT2D eigenvalue weighted by atomic mass is 10.2. The smallest absolute Gasteiger partial charge is 0.277 e. The Labute approximate surface area is 140 Å². The molecule has 0 unspecified atom stereocenters. The van der Waals surface area contributed by atoms with Crippen molar-refractivity contribution in [2.75, 3.05) is 13.2 Å². The molecule has 2 aromatic rings. The number of ether oxygens (including phenoxy) is 2. The van der Waals surface area contributed by atoms with Crippen molar-refractivity contribution in [2.24, 2.45) is 5.10 Å². The third-order valence-corrected chi connectivity index (χ3v) is 3.18. The molecule has 0 aliphatic heterocycles. The second-order valence-corrected chi connectivity index (χ2v) is 4.97. The summed E-state index contributed by atoms with van der Waals surface area (Å²) in [4.78, 5) is 11.7. The first-order valence-corrected chi connectivity index (χ1v) is 7.57. The summed E-state index contributed by atoms with van der Waals surface area (Å²) in [6, 6.07) is 12.5. The van der Waals surface area contributed by atoms with Crippen molar-refractivity contribution in [3.05, 3.63) is 53.6 Å². The third-order valence-electron chi connectivity index (χ3n) is 3.18. The molecule has 0 fully saturated rings. The van der Waals surface area contributed by atoms with Gasteiger partial charge in [-0.05, 0) is 37.6 Å². The number of phenols is 1. The predicted octanol–water partition coefficient (Wildman–Crippen LogP) is 2.63. The molecule has 0 spiro atoms. The van der Waals surface area contributed by atoms with Gasteiger partial charge in [0.05, 0.1) is 12.8 Å². The number of phenolic OH excluding ortho intramolecular Hbond substituents is 1. The Kier molecular flexibility index (Phi) is 6.19. The fourth-order valence-electron chi connectivity index (χ4n) is 1.98. The summed E-state index contributed by atoms with van der Waals surface area (Å²) in [5, 5.41) is 13.8. The van der Waals surface area contributed by atoms with Gasteiger partial charge in [-0.25, -0.2) is 5.43 Å². The molecule has 0 aliphatic carbocycles. The van der Waals surface area contributed by atoms with Gasteiger partial charge in [-0.3, -0.25) is 4.79 Å². The largest absolute Gasteiger partial charge is 0.504 e. The van der Waals surface area contributed by atoms with Crippen LogP contribution in [-0.2, 0) is 4.79 Å². The van der Waals surface area contributed by atoms with E-state index >= 15 is 0 Å². The predicted molar refractivity (Wildman–Crippen MR) is 91.7 cm³/mol. The standard InChI is InChI=1S/C18H20N2O4/c1-3-23-16-10-6-8-14(18(16)22)11-19-20-17(21)12-24-15-9-5-4-7-13(15)2/h4-11,22H,3,12H2,1-2H3,(H,20,21). The summed E-state index contributed by atoms with van der Waals surface area (Å²) in [6.07, 6.45) is 1.35. The molecular formula is C18H20N2O4. The molecule has 2 rings (SSSR count). The van der Waals surface area contributed by atoms with Crippen LogP contribution in [0.2, 0.25) is 0 Å². The number of carbonyl (C=O) groups excluding carboxylic acids is 1. The van der Waals surface area contributed by atoms with E-state index in [-0.39, 0.29) is 12.4 Å². The molecule has 6 heteroatoms. The minimum Gasteiger partial charge on any atom is -0.504 e. The van der Waals surface area contributed by atoms with Crippen molar-refractivity contribution >= 4 is 12.1 Å². The number of aromatic hydroxyl groups is 1. The number of amides is 1. The molecule has 2 aromatic carbocycles. The summed E-state index contributed by atoms with van der Waals surface area (Å²) in [5.41, 5.74) is 3.75. The van der Waals surface area contributed by atoms with Crippen molar-refractivity contribution < 1.29 is 19.4 Å². The molecule has 0 aliphatic rings. The highest BCUT2D eigenvalue weighted by Gasteiger charge is 2.06. The number of para-hydroxylation sites is 2. The molecule has 0 bridgehead atoms. The lowest BCUT2D eigenvalue weighted by molar-refractivity contribution is -0.123. The average molecular weight is 328 g/mol. The van der Waals surface area contributed by atoms with Crippen LogP contribution in [-0.4, -0.2) is 30.4 Å². The number of nitrogens with one attached hydrogen (secondary N) is 1. The van der Waals surface area contributed by atoms with E-state index in [1.54, 1.807) is 24.3 Å². The molecule has 0 atom stereocenters. The maximum atomic E-state index is 11.7. The van der Waals surface area contributed by atoms with Gasteiger partial charge in [-0.15, -0.1) is 0 Å². The minimum absolute atomic E-state index is 0.0199. The van der Waals surface area contributed by atoms with Crippen LogP contribution in [0.5, 0.6) is 17.2 Å². The van der Waals surface area contributed by atoms with E-state index in [0.29, 0.717) is 23.7 Å². The lowest BCUT2D eigenvalue weighted by Crippen LogP contribution is -2.24. The summed E-state index contributed by atoms with van der Waals surface area (Å²) in [5.74, 6) is 0.609. The molecule has 0 saturated carbocycles. The number of hydrazone groups is 1. The Hall–Kier alpha value is -3.02. The van der Waals surface area contributed by atoms with E-state index in [9.17, 15) is 9.90 Å². The van der Waals surface area contributed by atoms with Crippen LogP contribution in [0.4, 0.5) is 0 Å². The number of benzene rings is 2. The zero-order valence-corrected chi connectivity index (χ0v) is 13.7. The number of hydrogen-bond donors (Lipinski definition) is 2. The van der Waals surface area contributed by atoms with Crippen LogP contribution in [0, 0.1) is 6.92 Å². The Morgan fingerprint density at radius 3 is 2.67 bits per heavy atom. The molecule has 2 N–H and O–H groups in total. The molecule has 0 saturated heterocycles. The number of hydrogen-bond acceptors (Lipinski definition) is 5. The highest BCUT2D eigenvalue weighted by Crippen LogP contribution is 2.28. The fourth-order valence-corrected chi connectivity index (χ4v) is 1.98. The van der Waals surface area contributed by atoms with Gasteiger partial charge in [0.1, 0.15) is 5.75 Å². The van der Waals surface area contributed by atoms with Gasteiger partial charge in [0.25, 0.3) is 5.91 Å². The van der Waals surface area contributed by atoms with Crippen molar-refractivity contribution in [2.45, 2.75) is 13.8 Å². The molecule has 0 aromatic heterocycles. The molecule has 24 heavy (non-hydrogen) atoms. The topological polar surface area (TPSA) is 80.2 Å². The molecule has 6 nitrogen and oxygen atoms in total. The number of rotatable bonds is 7. The monoisotopic (exact) mass is 328 g/mol. The number of nitrogens with zero attached hydrogens (tertiary/aromatic N) is 1. The lowest BCUT2D eigenvalue weighted by Gasteiger charge is -2.08. The molecule has 0 radical (unpaired) electrons. The van der Waals surface area contributed by atoms with Gasteiger partial charge in [0, 0.05) is 5.56 Å². The Balaban J connectivity index is 1.89. The molecule has 0 heterocycles. The van der Waals surface area contributed by atoms with Crippen LogP contribution >= 0.6 is 0 Å². The van der Waals surface area contributed by atoms with E-state index in [4.69, 9.17) is 9.47 Å². The summed E-state index contributed by atoms with van der Waals surface area (Å²) in [7, 11) is 0. The fraction of sp³-hybridized carbons (Fsp3) is 0.222. The molecular weight excluding hydrogens is 308 g/mol. The van der Waals surface area contributed by atoms with E-state index in [1.165, 1.54) is 6.21 Å². The number of carbonyl (C=O) groups is 1. The van der Waals surface area contributed by atoms with Gasteiger partial charge in [-0.1, -0.05) is 24.3 Å². The third kappa shape index (κ3) is 4.74. The molecule has 126 valence electrons. The second-order valence-electron chi connectivity index (χ2n) is 4.97. The highest BCUT2D eigenvalue weighted by molar-refractivity contribution is 5.86. The Morgan fingerprint density at radius 1 is 1.17 bits per heavy atom. The van der Waals surface area contributed by atoms with E-state index in [2.05, 4.69) is 10.5 Å². The van der Waals surface area contributed by atoms with Crippen LogP contribution in [0.25, 0.3) is 0 Å². The second kappa shape index (κ2) is 8.57. The van der Waals surface area contributed by atoms with Crippen LogP contribution < -0.4 is 14.9 Å². The Bertz CT molecular complexity index is 729. The average Bonchev–Trinajstić information content (AvgIpc) is 2.57. The van der Waals surface area contributed by atoms with E-state index in [0.717, 1.165) is 5.56 Å². The maximum absolute atomic E-state index is 11.7. The Morgan fingerprint density at radius 2 is 1.92 bits per heavy atom. The van der Waals surface area contributed by atoms with Gasteiger partial charge in [-0.2, -0.15) is 5.10 Å². The maximum Gasteiger partial charge on any atom is 0.277 e. The highest BCUT2D eigenvalue weighted by atomic mass is 16.5. The first-order valence-electron chi connectivity index (χ1n) is 7.57. The van der Waals surface area contributed by atoms with Gasteiger partial charge in [0.2, 0.25) is 0 Å². The SMILES string of the molecule is CCOc1cccc(C=NNC(=O)COc2ccccc2C)c1O. The van der Waals surface area contributed by atoms with Crippen LogP contribution in [0.1, 0.15) is 18.1 Å². The van der Waals surface area contributed by atoms with E-state index < -0.39 is 5.91 Å². The molecule has 1 amide bonds. The van der Waals surface area contributed by atoms with Gasteiger partial charge < -0.3 is 14.6 Å².